The van der Waals surface area contributed by atoms with Crippen molar-refractivity contribution in [2.75, 3.05) is 0 Å². The maximum Gasteiger partial charge on any atom is 0.0793 e. The van der Waals surface area contributed by atoms with Crippen LogP contribution in [0.2, 0.25) is 11.1 Å². The first-order chi connectivity index (χ1) is 6.88. The molecule has 0 bridgehead atoms. The van der Waals surface area contributed by atoms with E-state index < -0.39 is 0 Å². The van der Waals surface area contributed by atoms with Crippen LogP contribution in [0.3, 0.4) is 0 Å². The van der Waals surface area contributed by atoms with Crippen LogP contribution in [-0.4, -0.2) is 8.46 Å². The molecule has 2 heteroatoms. The molecule has 1 unspecified atom stereocenters. The van der Waals surface area contributed by atoms with Crippen LogP contribution >= 0.6 is 8.79 Å². The molecular formula is C12H24PSi. The lowest BCUT2D eigenvalue weighted by Gasteiger charge is -2.33. The van der Waals surface area contributed by atoms with Crippen LogP contribution < -0.4 is 0 Å². The summed E-state index contributed by atoms with van der Waals surface area (Å²) in [6, 6.07) is 0. The van der Waals surface area contributed by atoms with E-state index in [1.165, 1.54) is 38.5 Å². The van der Waals surface area contributed by atoms with Crippen LogP contribution in [0.15, 0.2) is 0 Å². The van der Waals surface area contributed by atoms with Crippen molar-refractivity contribution in [2.45, 2.75) is 75.3 Å². The fourth-order valence-electron chi connectivity index (χ4n) is 3.21. The smallest absolute Gasteiger partial charge is 0.0793 e. The highest BCUT2D eigenvalue weighted by atomic mass is 31.3. The van der Waals surface area contributed by atoms with Crippen LogP contribution in [0.5, 0.6) is 0 Å². The summed E-state index contributed by atoms with van der Waals surface area (Å²) in [5.74, 6) is 0. The Hall–Kier alpha value is 0.647. The summed E-state index contributed by atoms with van der Waals surface area (Å²) in [6.45, 7) is 0. The van der Waals surface area contributed by atoms with E-state index in [0.29, 0.717) is 0 Å². The molecule has 0 amide bonds. The highest BCUT2D eigenvalue weighted by Crippen LogP contribution is 2.43. The molecule has 0 aromatic heterocycles. The topological polar surface area (TPSA) is 0 Å². The Morgan fingerprint density at radius 1 is 0.643 bits per heavy atom. The summed E-state index contributed by atoms with van der Waals surface area (Å²) in [7, 11) is 3.22. The molecule has 0 aromatic carbocycles. The Balaban J connectivity index is 1.82. The lowest BCUT2D eigenvalue weighted by Crippen LogP contribution is -2.24. The van der Waals surface area contributed by atoms with E-state index >= 15 is 0 Å². The lowest BCUT2D eigenvalue weighted by atomic mass is 9.99. The van der Waals surface area contributed by atoms with Gasteiger partial charge < -0.3 is 0 Å². The molecule has 2 aliphatic rings. The summed E-state index contributed by atoms with van der Waals surface area (Å²) in [6.07, 6.45) is 15.4. The molecule has 14 heavy (non-hydrogen) atoms. The van der Waals surface area contributed by atoms with E-state index in [1.807, 2.05) is 0 Å². The Labute approximate surface area is 92.9 Å². The van der Waals surface area contributed by atoms with Gasteiger partial charge in [-0.1, -0.05) is 64.2 Å². The van der Waals surface area contributed by atoms with Crippen molar-refractivity contribution in [2.24, 2.45) is 0 Å². The van der Waals surface area contributed by atoms with Gasteiger partial charge in [0.1, 0.15) is 0 Å². The molecule has 1 radical (unpaired) electrons. The summed E-state index contributed by atoms with van der Waals surface area (Å²) in [5, 5.41) is 0. The molecule has 2 aliphatic carbocycles. The minimum atomic E-state index is -0.0742. The molecule has 2 fully saturated rings. The Morgan fingerprint density at radius 3 is 1.36 bits per heavy atom. The molecular weight excluding hydrogens is 203 g/mol. The van der Waals surface area contributed by atoms with E-state index in [9.17, 15) is 0 Å². The van der Waals surface area contributed by atoms with E-state index in [1.54, 1.807) is 25.7 Å². The quantitative estimate of drug-likeness (QED) is 0.480. The van der Waals surface area contributed by atoms with Gasteiger partial charge in [-0.3, -0.25) is 0 Å². The molecule has 0 aliphatic heterocycles. The Morgan fingerprint density at radius 2 is 1.00 bits per heavy atom. The average molecular weight is 227 g/mol. The van der Waals surface area contributed by atoms with Gasteiger partial charge in [0.05, 0.1) is 8.46 Å². The molecule has 1 atom stereocenters. The predicted molar refractivity (Wildman–Crippen MR) is 69.1 cm³/mol. The van der Waals surface area contributed by atoms with Crippen LogP contribution in [0.1, 0.15) is 64.2 Å². The van der Waals surface area contributed by atoms with Gasteiger partial charge in [-0.15, -0.1) is 8.79 Å². The molecule has 0 aromatic rings. The Bertz CT molecular complexity index is 142. The van der Waals surface area contributed by atoms with Gasteiger partial charge in [0.15, 0.2) is 0 Å². The molecule has 81 valence electrons. The zero-order valence-corrected chi connectivity index (χ0v) is 11.5. The van der Waals surface area contributed by atoms with Gasteiger partial charge >= 0.3 is 0 Å². The summed E-state index contributed by atoms with van der Waals surface area (Å²) >= 11 is 0. The third-order valence-electron chi connectivity index (χ3n) is 4.15. The molecule has 0 heterocycles. The van der Waals surface area contributed by atoms with Crippen LogP contribution in [-0.2, 0) is 0 Å². The second-order valence-electron chi connectivity index (χ2n) is 5.17. The highest BCUT2D eigenvalue weighted by molar-refractivity contribution is 7.62. The van der Waals surface area contributed by atoms with E-state index in [4.69, 9.17) is 0 Å². The maximum atomic E-state index is 3.30. The lowest BCUT2D eigenvalue weighted by molar-refractivity contribution is 0.467. The van der Waals surface area contributed by atoms with E-state index in [-0.39, 0.29) is 8.46 Å². The normalized spacial score (nSPS) is 27.0. The van der Waals surface area contributed by atoms with Gasteiger partial charge in [-0.05, 0) is 11.1 Å². The second-order valence-corrected chi connectivity index (χ2v) is 9.80. The monoisotopic (exact) mass is 227 g/mol. The largest absolute Gasteiger partial charge is 0.150 e. The minimum absolute atomic E-state index is 0.0742. The van der Waals surface area contributed by atoms with Crippen molar-refractivity contribution in [3.05, 3.63) is 0 Å². The van der Waals surface area contributed by atoms with Gasteiger partial charge in [-0.25, -0.2) is 0 Å². The SMILES string of the molecule is P[Si](C1CCCCC1)C1CCCCC1. The standard InChI is InChI=1S/C12H24PSi/c13-14(11-7-3-1-4-8-11)12-9-5-2-6-10-12/h11-12H,1-10,13H2. The minimum Gasteiger partial charge on any atom is -0.150 e. The first kappa shape index (κ1) is 11.1. The summed E-state index contributed by atoms with van der Waals surface area (Å²) in [4.78, 5) is 0. The van der Waals surface area contributed by atoms with Gasteiger partial charge in [0.2, 0.25) is 0 Å². The molecule has 0 spiro atoms. The van der Waals surface area contributed by atoms with Crippen molar-refractivity contribution in [1.29, 1.82) is 0 Å². The third-order valence-corrected chi connectivity index (χ3v) is 10.0. The molecule has 0 N–H and O–H groups in total. The van der Waals surface area contributed by atoms with E-state index in [2.05, 4.69) is 8.79 Å². The van der Waals surface area contributed by atoms with Gasteiger partial charge in [0, 0.05) is 0 Å². The maximum absolute atomic E-state index is 3.30. The van der Waals surface area contributed by atoms with Crippen LogP contribution in [0.25, 0.3) is 0 Å². The fourth-order valence-corrected chi connectivity index (χ4v) is 8.02. The third kappa shape index (κ3) is 2.82. The van der Waals surface area contributed by atoms with Crippen molar-refractivity contribution in [1.82, 2.24) is 0 Å². The fraction of sp³-hybridized carbons (Fsp3) is 1.00. The average Bonchev–Trinajstić information content (AvgIpc) is 2.30. The zero-order valence-electron chi connectivity index (χ0n) is 9.30. The highest BCUT2D eigenvalue weighted by Gasteiger charge is 2.29. The Kier molecular flexibility index (Phi) is 4.50. The van der Waals surface area contributed by atoms with Gasteiger partial charge in [-0.2, -0.15) is 0 Å². The van der Waals surface area contributed by atoms with Crippen molar-refractivity contribution < 1.29 is 0 Å². The molecule has 2 saturated carbocycles. The van der Waals surface area contributed by atoms with Crippen LogP contribution in [0.4, 0.5) is 0 Å². The number of rotatable bonds is 2. The summed E-state index contributed by atoms with van der Waals surface area (Å²) < 4.78 is 0. The van der Waals surface area contributed by atoms with Crippen molar-refractivity contribution >= 4 is 17.3 Å². The number of hydrogen-bond acceptors (Lipinski definition) is 0. The first-order valence-electron chi connectivity index (χ1n) is 6.50. The van der Waals surface area contributed by atoms with Crippen molar-refractivity contribution in [3.63, 3.8) is 0 Å². The second kappa shape index (κ2) is 5.65. The molecule has 2 rings (SSSR count). The first-order valence-corrected chi connectivity index (χ1v) is 9.96. The van der Waals surface area contributed by atoms with Crippen molar-refractivity contribution in [3.8, 4) is 0 Å². The number of hydrogen-bond donors (Lipinski definition) is 0. The van der Waals surface area contributed by atoms with Gasteiger partial charge in [0.25, 0.3) is 0 Å². The van der Waals surface area contributed by atoms with Crippen LogP contribution in [0, 0.1) is 0 Å². The molecule has 0 saturated heterocycles. The summed E-state index contributed by atoms with van der Waals surface area (Å²) in [5.41, 5.74) is 2.31. The predicted octanol–water partition coefficient (Wildman–Crippen LogP) is 4.52. The zero-order chi connectivity index (χ0) is 9.80. The molecule has 0 nitrogen and oxygen atoms in total. The van der Waals surface area contributed by atoms with E-state index in [0.717, 1.165) is 11.1 Å².